The Hall–Kier alpha value is -3.14. The van der Waals surface area contributed by atoms with Crippen LogP contribution in [0.25, 0.3) is 0 Å². The molecule has 1 spiro atoms. The highest BCUT2D eigenvalue weighted by atomic mass is 16.5. The van der Waals surface area contributed by atoms with Gasteiger partial charge in [-0.3, -0.25) is 9.78 Å². The topological polar surface area (TPSA) is 82.3 Å². The van der Waals surface area contributed by atoms with Crippen molar-refractivity contribution in [3.05, 3.63) is 47.9 Å². The van der Waals surface area contributed by atoms with Crippen LogP contribution in [-0.4, -0.2) is 47.5 Å². The summed E-state index contributed by atoms with van der Waals surface area (Å²) in [7, 11) is 1.54. The molecule has 2 aliphatic heterocycles. The van der Waals surface area contributed by atoms with Gasteiger partial charge in [0.1, 0.15) is 11.6 Å². The zero-order chi connectivity index (χ0) is 20.3. The van der Waals surface area contributed by atoms with Gasteiger partial charge in [-0.05, 0) is 48.4 Å². The summed E-state index contributed by atoms with van der Waals surface area (Å²) < 4.78 is 5.25. The van der Waals surface area contributed by atoms with Gasteiger partial charge in [0.2, 0.25) is 11.8 Å². The van der Waals surface area contributed by atoms with Crippen molar-refractivity contribution in [2.24, 2.45) is 5.41 Å². The molecular formula is C22H25N5O2. The molecule has 2 aliphatic rings. The first-order valence-corrected chi connectivity index (χ1v) is 9.99. The van der Waals surface area contributed by atoms with Crippen LogP contribution in [0.2, 0.25) is 0 Å². The van der Waals surface area contributed by atoms with Crippen LogP contribution in [0.1, 0.15) is 36.8 Å². The normalized spacial score (nSPS) is 18.6. The van der Waals surface area contributed by atoms with Crippen molar-refractivity contribution in [1.82, 2.24) is 14.9 Å². The number of carbonyl (C=O) groups is 1. The van der Waals surface area contributed by atoms with Crippen LogP contribution in [0.4, 0.5) is 5.69 Å². The summed E-state index contributed by atoms with van der Waals surface area (Å²) >= 11 is 0. The van der Waals surface area contributed by atoms with Gasteiger partial charge in [0.15, 0.2) is 0 Å². The van der Waals surface area contributed by atoms with E-state index < -0.39 is 0 Å². The second kappa shape index (κ2) is 8.08. The fourth-order valence-corrected chi connectivity index (χ4v) is 4.54. The number of methoxy groups -OCH3 is 1. The number of piperidine rings is 2. The molecule has 0 N–H and O–H groups in total. The summed E-state index contributed by atoms with van der Waals surface area (Å²) in [5.41, 5.74) is 2.64. The molecule has 7 heteroatoms. The second-order valence-corrected chi connectivity index (χ2v) is 7.92. The Morgan fingerprint density at radius 2 is 1.93 bits per heavy atom. The average Bonchev–Trinajstić information content (AvgIpc) is 2.77. The molecule has 0 bridgehead atoms. The number of nitrogens with zero attached hydrogens (tertiary/aromatic N) is 5. The van der Waals surface area contributed by atoms with E-state index >= 15 is 0 Å². The number of pyridine rings is 2. The minimum absolute atomic E-state index is 0.154. The van der Waals surface area contributed by atoms with E-state index in [4.69, 9.17) is 4.74 Å². The highest BCUT2D eigenvalue weighted by Gasteiger charge is 2.41. The summed E-state index contributed by atoms with van der Waals surface area (Å²) in [6.07, 6.45) is 8.79. The minimum Gasteiger partial charge on any atom is -0.480 e. The smallest absolute Gasteiger partial charge is 0.233 e. The van der Waals surface area contributed by atoms with Crippen molar-refractivity contribution >= 4 is 11.6 Å². The molecule has 7 nitrogen and oxygen atoms in total. The van der Waals surface area contributed by atoms with Crippen LogP contribution in [-0.2, 0) is 11.3 Å². The SMILES string of the molecule is COc1nccc(N2CCC3(CCC(=O)N(Cc4ccncc4)C3)CC2)c1C#N. The monoisotopic (exact) mass is 391 g/mol. The number of likely N-dealkylation sites (tertiary alicyclic amines) is 1. The molecule has 0 aromatic carbocycles. The minimum atomic E-state index is 0.154. The molecule has 2 aromatic rings. The first kappa shape index (κ1) is 19.2. The molecule has 0 radical (unpaired) electrons. The van der Waals surface area contributed by atoms with Crippen LogP contribution in [0.3, 0.4) is 0 Å². The van der Waals surface area contributed by atoms with Crippen molar-refractivity contribution in [2.75, 3.05) is 31.6 Å². The van der Waals surface area contributed by atoms with Gasteiger partial charge in [-0.15, -0.1) is 0 Å². The van der Waals surface area contributed by atoms with E-state index in [0.717, 1.165) is 50.1 Å². The largest absolute Gasteiger partial charge is 0.480 e. The Labute approximate surface area is 170 Å². The third-order valence-electron chi connectivity index (χ3n) is 6.24. The van der Waals surface area contributed by atoms with Crippen molar-refractivity contribution in [3.8, 4) is 11.9 Å². The van der Waals surface area contributed by atoms with Gasteiger partial charge in [0.25, 0.3) is 0 Å². The molecule has 1 amide bonds. The van der Waals surface area contributed by atoms with Crippen LogP contribution in [0.5, 0.6) is 5.88 Å². The molecule has 0 unspecified atom stereocenters. The molecule has 29 heavy (non-hydrogen) atoms. The van der Waals surface area contributed by atoms with E-state index in [2.05, 4.69) is 20.9 Å². The first-order chi connectivity index (χ1) is 14.1. The highest BCUT2D eigenvalue weighted by Crippen LogP contribution is 2.42. The van der Waals surface area contributed by atoms with Gasteiger partial charge in [0.05, 0.1) is 12.8 Å². The second-order valence-electron chi connectivity index (χ2n) is 7.92. The van der Waals surface area contributed by atoms with Gasteiger partial charge < -0.3 is 14.5 Å². The molecule has 2 aromatic heterocycles. The number of amides is 1. The summed E-state index contributed by atoms with van der Waals surface area (Å²) in [6.45, 7) is 3.16. The molecule has 150 valence electrons. The maximum atomic E-state index is 12.5. The van der Waals surface area contributed by atoms with Crippen LogP contribution in [0, 0.1) is 16.7 Å². The maximum absolute atomic E-state index is 12.5. The number of rotatable bonds is 4. The Balaban J connectivity index is 1.46. The average molecular weight is 391 g/mol. The molecule has 4 heterocycles. The zero-order valence-electron chi connectivity index (χ0n) is 16.7. The van der Waals surface area contributed by atoms with Gasteiger partial charge in [0, 0.05) is 51.2 Å². The lowest BCUT2D eigenvalue weighted by Crippen LogP contribution is -2.51. The summed E-state index contributed by atoms with van der Waals surface area (Å²) in [6, 6.07) is 8.06. The van der Waals surface area contributed by atoms with Crippen LogP contribution < -0.4 is 9.64 Å². The fourth-order valence-electron chi connectivity index (χ4n) is 4.54. The number of hydrogen-bond donors (Lipinski definition) is 0. The number of hydrogen-bond acceptors (Lipinski definition) is 6. The summed E-state index contributed by atoms with van der Waals surface area (Å²) in [4.78, 5) is 25.0. The van der Waals surface area contributed by atoms with E-state index in [0.29, 0.717) is 24.4 Å². The van der Waals surface area contributed by atoms with E-state index in [1.54, 1.807) is 18.6 Å². The van der Waals surface area contributed by atoms with E-state index in [1.165, 1.54) is 7.11 Å². The molecular weight excluding hydrogens is 366 g/mol. The van der Waals surface area contributed by atoms with Crippen LogP contribution >= 0.6 is 0 Å². The first-order valence-electron chi connectivity index (χ1n) is 9.99. The van der Waals surface area contributed by atoms with Gasteiger partial charge in [-0.25, -0.2) is 4.98 Å². The molecule has 2 fully saturated rings. The maximum Gasteiger partial charge on any atom is 0.233 e. The van der Waals surface area contributed by atoms with Crippen molar-refractivity contribution in [2.45, 2.75) is 32.2 Å². The Morgan fingerprint density at radius 3 is 2.62 bits per heavy atom. The molecule has 4 rings (SSSR count). The third kappa shape index (κ3) is 3.88. The van der Waals surface area contributed by atoms with E-state index in [9.17, 15) is 10.1 Å². The highest BCUT2D eigenvalue weighted by molar-refractivity contribution is 5.77. The van der Waals surface area contributed by atoms with Crippen molar-refractivity contribution < 1.29 is 9.53 Å². The molecule has 2 saturated heterocycles. The Kier molecular flexibility index (Phi) is 5.34. The molecule has 0 atom stereocenters. The third-order valence-corrected chi connectivity index (χ3v) is 6.24. The lowest BCUT2D eigenvalue weighted by atomic mass is 9.72. The molecule has 0 aliphatic carbocycles. The lowest BCUT2D eigenvalue weighted by Gasteiger charge is -2.48. The molecule has 0 saturated carbocycles. The van der Waals surface area contributed by atoms with Gasteiger partial charge >= 0.3 is 0 Å². The van der Waals surface area contributed by atoms with E-state index in [1.807, 2.05) is 23.1 Å². The van der Waals surface area contributed by atoms with Gasteiger partial charge in [-0.1, -0.05) is 0 Å². The lowest BCUT2D eigenvalue weighted by molar-refractivity contribution is -0.139. The quantitative estimate of drug-likeness (QED) is 0.797. The zero-order valence-corrected chi connectivity index (χ0v) is 16.7. The number of carbonyl (C=O) groups excluding carboxylic acids is 1. The van der Waals surface area contributed by atoms with Gasteiger partial charge in [-0.2, -0.15) is 5.26 Å². The van der Waals surface area contributed by atoms with Crippen LogP contribution in [0.15, 0.2) is 36.8 Å². The van der Waals surface area contributed by atoms with Crippen molar-refractivity contribution in [1.29, 1.82) is 5.26 Å². The number of anilines is 1. The summed E-state index contributed by atoms with van der Waals surface area (Å²) in [5.74, 6) is 0.609. The predicted octanol–water partition coefficient (Wildman–Crippen LogP) is 2.77. The number of nitriles is 1. The Morgan fingerprint density at radius 1 is 1.17 bits per heavy atom. The predicted molar refractivity (Wildman–Crippen MR) is 108 cm³/mol. The number of aromatic nitrogens is 2. The Bertz CT molecular complexity index is 917. The van der Waals surface area contributed by atoms with Crippen molar-refractivity contribution in [3.63, 3.8) is 0 Å². The number of ether oxygens (including phenoxy) is 1. The standard InChI is InChI=1S/C22H25N5O2/c1-29-21-18(14-23)19(5-11-25-21)26-12-7-22(8-13-26)6-2-20(28)27(16-22)15-17-3-9-24-10-4-17/h3-5,9-11H,2,6-8,12-13,15-16H2,1H3. The summed E-state index contributed by atoms with van der Waals surface area (Å²) in [5, 5.41) is 9.56. The van der Waals surface area contributed by atoms with E-state index in [-0.39, 0.29) is 11.3 Å². The fraction of sp³-hybridized carbons (Fsp3) is 0.455.